The Hall–Kier alpha value is -1.81. The highest BCUT2D eigenvalue weighted by molar-refractivity contribution is 5.84. The number of rotatable bonds is 7. The minimum absolute atomic E-state index is 0.0595. The van der Waals surface area contributed by atoms with Gasteiger partial charge in [0.25, 0.3) is 0 Å². The lowest BCUT2D eigenvalue weighted by Gasteiger charge is -2.21. The van der Waals surface area contributed by atoms with Crippen molar-refractivity contribution in [2.75, 3.05) is 0 Å². The zero-order valence-electron chi connectivity index (χ0n) is 14.7. The topological polar surface area (TPSA) is 77.8 Å². The molecule has 0 bridgehead atoms. The first-order chi connectivity index (χ1) is 10.7. The van der Waals surface area contributed by atoms with Crippen molar-refractivity contribution in [1.82, 2.24) is 0 Å². The SMILES string of the molecule is CC(C)=CCCC(C)CC(O)c1c(O)c(C)c(C)c(C=O)c1O. The summed E-state index contributed by atoms with van der Waals surface area (Å²) < 4.78 is 0. The van der Waals surface area contributed by atoms with Crippen LogP contribution in [0.4, 0.5) is 0 Å². The summed E-state index contributed by atoms with van der Waals surface area (Å²) in [5.41, 5.74) is 2.49. The first-order valence-electron chi connectivity index (χ1n) is 8.02. The van der Waals surface area contributed by atoms with Gasteiger partial charge in [0.1, 0.15) is 11.5 Å². The number of carbonyl (C=O) groups is 1. The molecule has 0 aromatic heterocycles. The smallest absolute Gasteiger partial charge is 0.154 e. The van der Waals surface area contributed by atoms with Crippen molar-refractivity contribution in [2.24, 2.45) is 5.92 Å². The van der Waals surface area contributed by atoms with Crippen LogP contribution in [0.25, 0.3) is 0 Å². The van der Waals surface area contributed by atoms with Gasteiger partial charge in [0, 0.05) is 0 Å². The van der Waals surface area contributed by atoms with Crippen LogP contribution < -0.4 is 0 Å². The number of aliphatic hydroxyl groups excluding tert-OH is 1. The van der Waals surface area contributed by atoms with Crippen LogP contribution in [-0.2, 0) is 0 Å². The number of hydrogen-bond acceptors (Lipinski definition) is 4. The third kappa shape index (κ3) is 4.58. The van der Waals surface area contributed by atoms with Gasteiger partial charge in [-0.3, -0.25) is 4.79 Å². The van der Waals surface area contributed by atoms with Gasteiger partial charge in [0.05, 0.1) is 17.2 Å². The molecule has 1 rings (SSSR count). The van der Waals surface area contributed by atoms with Gasteiger partial charge in [0.2, 0.25) is 0 Å². The molecular weight excluding hydrogens is 292 g/mol. The Balaban J connectivity index is 3.00. The number of carbonyl (C=O) groups excluding carboxylic acids is 1. The van der Waals surface area contributed by atoms with Crippen molar-refractivity contribution >= 4 is 6.29 Å². The molecule has 3 N–H and O–H groups in total. The second kappa shape index (κ2) is 8.16. The molecule has 2 unspecified atom stereocenters. The van der Waals surface area contributed by atoms with Crippen molar-refractivity contribution in [3.8, 4) is 11.5 Å². The van der Waals surface area contributed by atoms with Crippen molar-refractivity contribution in [1.29, 1.82) is 0 Å². The third-order valence-corrected chi connectivity index (χ3v) is 4.38. The van der Waals surface area contributed by atoms with Crippen molar-refractivity contribution in [3.63, 3.8) is 0 Å². The molecule has 0 aliphatic rings. The zero-order valence-corrected chi connectivity index (χ0v) is 14.7. The lowest BCUT2D eigenvalue weighted by molar-refractivity contribution is 0.111. The molecule has 0 saturated heterocycles. The Kier molecular flexibility index (Phi) is 6.82. The van der Waals surface area contributed by atoms with Crippen LogP contribution in [0.5, 0.6) is 11.5 Å². The first-order valence-corrected chi connectivity index (χ1v) is 8.02. The van der Waals surface area contributed by atoms with E-state index in [1.165, 1.54) is 5.57 Å². The van der Waals surface area contributed by atoms with E-state index in [9.17, 15) is 20.1 Å². The van der Waals surface area contributed by atoms with E-state index in [0.29, 0.717) is 23.8 Å². The van der Waals surface area contributed by atoms with Crippen LogP contribution in [0.15, 0.2) is 11.6 Å². The summed E-state index contributed by atoms with van der Waals surface area (Å²) in [4.78, 5) is 11.2. The minimum Gasteiger partial charge on any atom is -0.507 e. The van der Waals surface area contributed by atoms with Crippen LogP contribution in [0.1, 0.15) is 73.2 Å². The number of phenolic OH excluding ortho intramolecular Hbond substituents is 2. The lowest BCUT2D eigenvalue weighted by atomic mass is 9.89. The van der Waals surface area contributed by atoms with Crippen LogP contribution in [-0.4, -0.2) is 21.6 Å². The highest BCUT2D eigenvalue weighted by Gasteiger charge is 2.25. The van der Waals surface area contributed by atoms with E-state index in [1.54, 1.807) is 13.8 Å². The van der Waals surface area contributed by atoms with Gasteiger partial charge >= 0.3 is 0 Å². The number of benzene rings is 1. The number of phenols is 2. The van der Waals surface area contributed by atoms with Gasteiger partial charge in [-0.2, -0.15) is 0 Å². The van der Waals surface area contributed by atoms with E-state index in [4.69, 9.17) is 0 Å². The molecule has 0 saturated carbocycles. The van der Waals surface area contributed by atoms with Gasteiger partial charge in [-0.15, -0.1) is 0 Å². The fraction of sp³-hybridized carbons (Fsp3) is 0.526. The summed E-state index contributed by atoms with van der Waals surface area (Å²) in [6.07, 6.45) is 3.97. The number of hydrogen-bond donors (Lipinski definition) is 3. The van der Waals surface area contributed by atoms with E-state index in [1.807, 2.05) is 20.8 Å². The summed E-state index contributed by atoms with van der Waals surface area (Å²) in [6, 6.07) is 0. The molecule has 4 nitrogen and oxygen atoms in total. The van der Waals surface area contributed by atoms with E-state index in [2.05, 4.69) is 6.08 Å². The Bertz CT molecular complexity index is 598. The Labute approximate surface area is 138 Å². The third-order valence-electron chi connectivity index (χ3n) is 4.38. The second-order valence-electron chi connectivity index (χ2n) is 6.61. The fourth-order valence-corrected chi connectivity index (χ4v) is 2.75. The van der Waals surface area contributed by atoms with E-state index in [-0.39, 0.29) is 28.5 Å². The normalized spacial score (nSPS) is 13.5. The summed E-state index contributed by atoms with van der Waals surface area (Å²) >= 11 is 0. The van der Waals surface area contributed by atoms with E-state index < -0.39 is 6.10 Å². The molecule has 4 heteroatoms. The second-order valence-corrected chi connectivity index (χ2v) is 6.61. The summed E-state index contributed by atoms with van der Waals surface area (Å²) in [5, 5.41) is 31.0. The number of aliphatic hydroxyl groups is 1. The van der Waals surface area contributed by atoms with Crippen molar-refractivity contribution in [3.05, 3.63) is 33.9 Å². The molecule has 0 radical (unpaired) electrons. The maximum absolute atomic E-state index is 11.2. The van der Waals surface area contributed by atoms with Gasteiger partial charge < -0.3 is 15.3 Å². The molecule has 1 aromatic carbocycles. The van der Waals surface area contributed by atoms with Crippen LogP contribution in [0.3, 0.4) is 0 Å². The summed E-state index contributed by atoms with van der Waals surface area (Å²) in [5.74, 6) is -0.222. The molecule has 2 atom stereocenters. The maximum atomic E-state index is 11.2. The maximum Gasteiger partial charge on any atom is 0.154 e. The largest absolute Gasteiger partial charge is 0.507 e. The van der Waals surface area contributed by atoms with Crippen molar-refractivity contribution in [2.45, 2.75) is 60.0 Å². The Morgan fingerprint density at radius 1 is 1.13 bits per heavy atom. The van der Waals surface area contributed by atoms with Gasteiger partial charge in [-0.1, -0.05) is 18.6 Å². The Morgan fingerprint density at radius 2 is 1.74 bits per heavy atom. The predicted octanol–water partition coefficient (Wildman–Crippen LogP) is 4.33. The number of aldehydes is 1. The number of aromatic hydroxyl groups is 2. The average Bonchev–Trinajstić information content (AvgIpc) is 2.45. The minimum atomic E-state index is -1.00. The van der Waals surface area contributed by atoms with Crippen LogP contribution >= 0.6 is 0 Å². The molecule has 0 amide bonds. The lowest BCUT2D eigenvalue weighted by Crippen LogP contribution is -2.08. The molecule has 0 fully saturated rings. The van der Waals surface area contributed by atoms with Crippen molar-refractivity contribution < 1.29 is 20.1 Å². The van der Waals surface area contributed by atoms with Crippen LogP contribution in [0.2, 0.25) is 0 Å². The molecule has 128 valence electrons. The first kappa shape index (κ1) is 19.2. The quantitative estimate of drug-likeness (QED) is 0.516. The highest BCUT2D eigenvalue weighted by atomic mass is 16.3. The number of allylic oxidation sites excluding steroid dienone is 2. The standard InChI is InChI=1S/C19H28O4/c1-11(2)7-6-8-12(3)9-16(21)17-18(22)14(5)13(4)15(10-20)19(17)23/h7,10,12,16,21-23H,6,8-9H2,1-5H3. The summed E-state index contributed by atoms with van der Waals surface area (Å²) in [7, 11) is 0. The predicted molar refractivity (Wildman–Crippen MR) is 92.0 cm³/mol. The zero-order chi connectivity index (χ0) is 17.7. The van der Waals surface area contributed by atoms with E-state index in [0.717, 1.165) is 12.8 Å². The fourth-order valence-electron chi connectivity index (χ4n) is 2.75. The molecular formula is C19H28O4. The summed E-state index contributed by atoms with van der Waals surface area (Å²) in [6.45, 7) is 9.46. The highest BCUT2D eigenvalue weighted by Crippen LogP contribution is 2.42. The monoisotopic (exact) mass is 320 g/mol. The molecule has 0 aliphatic heterocycles. The van der Waals surface area contributed by atoms with Gasteiger partial charge in [0.15, 0.2) is 6.29 Å². The molecule has 23 heavy (non-hydrogen) atoms. The average molecular weight is 320 g/mol. The molecule has 0 spiro atoms. The molecule has 0 aliphatic carbocycles. The molecule has 1 aromatic rings. The van der Waals surface area contributed by atoms with Gasteiger partial charge in [-0.25, -0.2) is 0 Å². The van der Waals surface area contributed by atoms with E-state index >= 15 is 0 Å². The molecule has 0 heterocycles. The Morgan fingerprint density at radius 3 is 2.26 bits per heavy atom. The van der Waals surface area contributed by atoms with Gasteiger partial charge in [-0.05, 0) is 64.0 Å². The van der Waals surface area contributed by atoms with Crippen LogP contribution in [0, 0.1) is 19.8 Å².